The maximum absolute atomic E-state index is 13.1. The number of benzene rings is 1. The molecule has 0 amide bonds. The summed E-state index contributed by atoms with van der Waals surface area (Å²) in [5.74, 6) is -2.93. The van der Waals surface area contributed by atoms with Gasteiger partial charge in [0.05, 0.1) is 43.4 Å². The number of ether oxygens (including phenoxy) is 2. The van der Waals surface area contributed by atoms with E-state index in [1.165, 1.54) is 26.4 Å². The normalized spacial score (nSPS) is 10.0. The van der Waals surface area contributed by atoms with Gasteiger partial charge >= 0.3 is 11.9 Å². The number of rotatable bonds is 4. The highest BCUT2D eigenvalue weighted by molar-refractivity contribution is 6.32. The fraction of sp³-hybridized carbons (Fsp3) is 0.143. The molecule has 0 fully saturated rings. The Balaban J connectivity index is 0.000000245. The van der Waals surface area contributed by atoms with Gasteiger partial charge in [-0.15, -0.1) is 0 Å². The zero-order chi connectivity index (χ0) is 23.0. The van der Waals surface area contributed by atoms with E-state index >= 15 is 0 Å². The zero-order valence-corrected chi connectivity index (χ0v) is 17.1. The highest BCUT2D eigenvalue weighted by atomic mass is 35.5. The molecule has 0 bridgehead atoms. The maximum Gasteiger partial charge on any atom is 0.341 e. The molecule has 0 radical (unpaired) electrons. The van der Waals surface area contributed by atoms with E-state index in [0.717, 1.165) is 30.1 Å². The Bertz CT molecular complexity index is 1080. The van der Waals surface area contributed by atoms with E-state index in [1.807, 2.05) is 0 Å². The van der Waals surface area contributed by atoms with Crippen LogP contribution in [0.15, 0.2) is 48.8 Å². The van der Waals surface area contributed by atoms with E-state index in [9.17, 15) is 22.8 Å². The third kappa shape index (κ3) is 6.78. The van der Waals surface area contributed by atoms with Crippen LogP contribution in [0, 0.1) is 17.5 Å². The van der Waals surface area contributed by atoms with E-state index < -0.39 is 23.6 Å². The summed E-state index contributed by atoms with van der Waals surface area (Å²) in [4.78, 5) is 29.7. The van der Waals surface area contributed by atoms with Crippen LogP contribution in [0.2, 0.25) is 5.15 Å². The van der Waals surface area contributed by atoms with Gasteiger partial charge in [0.2, 0.25) is 0 Å². The van der Waals surface area contributed by atoms with Crippen molar-refractivity contribution in [2.24, 2.45) is 0 Å². The van der Waals surface area contributed by atoms with Gasteiger partial charge in [-0.25, -0.2) is 27.7 Å². The molecule has 162 valence electrons. The van der Waals surface area contributed by atoms with Gasteiger partial charge in [0.25, 0.3) is 0 Å². The van der Waals surface area contributed by atoms with Crippen LogP contribution in [-0.4, -0.2) is 36.1 Å². The van der Waals surface area contributed by atoms with Crippen LogP contribution in [0.1, 0.15) is 32.0 Å². The number of esters is 2. The predicted octanol–water partition coefficient (Wildman–Crippen LogP) is 4.40. The zero-order valence-electron chi connectivity index (χ0n) is 16.4. The van der Waals surface area contributed by atoms with Crippen molar-refractivity contribution in [3.05, 3.63) is 93.8 Å². The number of aromatic nitrogens is 2. The summed E-state index contributed by atoms with van der Waals surface area (Å²) in [5, 5.41) is -0.0664. The first-order valence-corrected chi connectivity index (χ1v) is 8.99. The van der Waals surface area contributed by atoms with Gasteiger partial charge in [0.15, 0.2) is 0 Å². The van der Waals surface area contributed by atoms with E-state index in [1.54, 1.807) is 12.1 Å². The third-order valence-electron chi connectivity index (χ3n) is 3.84. The van der Waals surface area contributed by atoms with Crippen molar-refractivity contribution in [1.82, 2.24) is 9.97 Å². The number of hydrogen-bond donors (Lipinski definition) is 0. The molecule has 0 aliphatic rings. The number of nitrogens with zero attached hydrogens (tertiary/aromatic N) is 2. The molecule has 3 aromatic rings. The number of hydrogen-bond acceptors (Lipinski definition) is 6. The van der Waals surface area contributed by atoms with E-state index in [4.69, 9.17) is 11.6 Å². The van der Waals surface area contributed by atoms with Gasteiger partial charge in [-0.1, -0.05) is 23.7 Å². The monoisotopic (exact) mass is 452 g/mol. The maximum atomic E-state index is 13.1. The second-order valence-electron chi connectivity index (χ2n) is 5.93. The van der Waals surface area contributed by atoms with Gasteiger partial charge in [0, 0.05) is 6.42 Å². The van der Waals surface area contributed by atoms with Crippen LogP contribution in [0.3, 0.4) is 0 Å². The standard InChI is InChI=1S/C14H11F2NO2.C7H5ClFNO2/c1-19-14(18)12-7-11(16)8-17-13(12)6-9-2-4-10(15)5-3-9;1-12-7(11)5-2-4(9)3-10-6(5)8/h2-5,7-8H,6H2,1H3;2-3H,1H3. The number of carbonyl (C=O) groups excluding carboxylic acids is 2. The minimum Gasteiger partial charge on any atom is -0.465 e. The van der Waals surface area contributed by atoms with Crippen molar-refractivity contribution >= 4 is 23.5 Å². The Labute approximate surface area is 180 Å². The molecule has 0 saturated heterocycles. The molecule has 31 heavy (non-hydrogen) atoms. The Morgan fingerprint density at radius 1 is 0.839 bits per heavy atom. The first kappa shape index (κ1) is 23.8. The molecule has 0 N–H and O–H groups in total. The van der Waals surface area contributed by atoms with Crippen LogP contribution >= 0.6 is 11.6 Å². The van der Waals surface area contributed by atoms with Crippen LogP contribution in [0.25, 0.3) is 0 Å². The van der Waals surface area contributed by atoms with Crippen LogP contribution in [-0.2, 0) is 15.9 Å². The molecular formula is C21H16ClF3N2O4. The Kier molecular flexibility index (Phi) is 8.51. The van der Waals surface area contributed by atoms with Crippen LogP contribution < -0.4 is 0 Å². The Hall–Kier alpha value is -3.46. The number of halogens is 4. The van der Waals surface area contributed by atoms with E-state index in [0.29, 0.717) is 12.1 Å². The molecule has 0 atom stereocenters. The predicted molar refractivity (Wildman–Crippen MR) is 105 cm³/mol. The summed E-state index contributed by atoms with van der Waals surface area (Å²) in [5.41, 5.74) is 1.16. The molecule has 10 heteroatoms. The quantitative estimate of drug-likeness (QED) is 0.431. The molecule has 0 unspecified atom stereocenters. The molecule has 2 aromatic heterocycles. The van der Waals surface area contributed by atoms with E-state index in [2.05, 4.69) is 19.4 Å². The minimum absolute atomic E-state index is 0.0664. The van der Waals surface area contributed by atoms with Crippen molar-refractivity contribution in [2.45, 2.75) is 6.42 Å². The van der Waals surface area contributed by atoms with Crippen LogP contribution in [0.5, 0.6) is 0 Å². The topological polar surface area (TPSA) is 78.4 Å². The molecule has 3 rings (SSSR count). The third-order valence-corrected chi connectivity index (χ3v) is 4.14. The van der Waals surface area contributed by atoms with Gasteiger partial charge in [-0.05, 0) is 29.8 Å². The summed E-state index contributed by atoms with van der Waals surface area (Å²) >= 11 is 5.49. The summed E-state index contributed by atoms with van der Waals surface area (Å²) in [6.45, 7) is 0. The Morgan fingerprint density at radius 3 is 1.94 bits per heavy atom. The van der Waals surface area contributed by atoms with Crippen molar-refractivity contribution in [2.75, 3.05) is 14.2 Å². The highest BCUT2D eigenvalue weighted by Crippen LogP contribution is 2.15. The number of methoxy groups -OCH3 is 2. The minimum atomic E-state index is -0.702. The first-order valence-electron chi connectivity index (χ1n) is 8.61. The summed E-state index contributed by atoms with van der Waals surface area (Å²) in [6.07, 6.45) is 2.26. The lowest BCUT2D eigenvalue weighted by atomic mass is 10.1. The molecular weight excluding hydrogens is 437 g/mol. The first-order chi connectivity index (χ1) is 14.7. The SMILES string of the molecule is COC(=O)c1cc(F)cnc1Cc1ccc(F)cc1.COC(=O)c1cc(F)cnc1Cl. The summed E-state index contributed by atoms with van der Waals surface area (Å²) in [6, 6.07) is 7.86. The van der Waals surface area contributed by atoms with Crippen molar-refractivity contribution in [1.29, 1.82) is 0 Å². The fourth-order valence-corrected chi connectivity index (χ4v) is 2.55. The van der Waals surface area contributed by atoms with E-state index in [-0.39, 0.29) is 22.1 Å². The fourth-order valence-electron chi connectivity index (χ4n) is 2.37. The van der Waals surface area contributed by atoms with Crippen LogP contribution in [0.4, 0.5) is 13.2 Å². The number of carbonyl (C=O) groups is 2. The summed E-state index contributed by atoms with van der Waals surface area (Å²) < 4.78 is 47.4. The molecule has 6 nitrogen and oxygen atoms in total. The molecule has 0 aliphatic carbocycles. The largest absolute Gasteiger partial charge is 0.465 e. The van der Waals surface area contributed by atoms with Gasteiger partial charge in [0.1, 0.15) is 22.6 Å². The lowest BCUT2D eigenvalue weighted by molar-refractivity contribution is 0.0590. The lowest BCUT2D eigenvalue weighted by Crippen LogP contribution is -2.09. The smallest absolute Gasteiger partial charge is 0.341 e. The number of pyridine rings is 2. The molecule has 2 heterocycles. The van der Waals surface area contributed by atoms with Crippen molar-refractivity contribution in [3.8, 4) is 0 Å². The van der Waals surface area contributed by atoms with Crippen molar-refractivity contribution < 1.29 is 32.2 Å². The average Bonchev–Trinajstić information content (AvgIpc) is 2.77. The highest BCUT2D eigenvalue weighted by Gasteiger charge is 2.15. The van der Waals surface area contributed by atoms with Crippen molar-refractivity contribution in [3.63, 3.8) is 0 Å². The Morgan fingerprint density at radius 2 is 1.35 bits per heavy atom. The van der Waals surface area contributed by atoms with Gasteiger partial charge in [-0.2, -0.15) is 0 Å². The second-order valence-corrected chi connectivity index (χ2v) is 6.28. The lowest BCUT2D eigenvalue weighted by Gasteiger charge is -2.07. The molecule has 0 aliphatic heterocycles. The van der Waals surface area contributed by atoms with Gasteiger partial charge in [-0.3, -0.25) is 4.98 Å². The van der Waals surface area contributed by atoms with Gasteiger partial charge < -0.3 is 9.47 Å². The average molecular weight is 453 g/mol. The second kappa shape index (κ2) is 11.1. The molecule has 0 saturated carbocycles. The molecule has 0 spiro atoms. The molecule has 1 aromatic carbocycles. The summed E-state index contributed by atoms with van der Waals surface area (Å²) in [7, 11) is 2.40.